The lowest BCUT2D eigenvalue weighted by atomic mass is 9.92. The molecule has 0 aromatic carbocycles. The number of halogens is 2. The van der Waals surface area contributed by atoms with Gasteiger partial charge in [0.15, 0.2) is 5.69 Å². The van der Waals surface area contributed by atoms with Crippen LogP contribution in [0.25, 0.3) is 0 Å². The summed E-state index contributed by atoms with van der Waals surface area (Å²) < 4.78 is 28.5. The second-order valence-corrected chi connectivity index (χ2v) is 5.57. The molecule has 0 fully saturated rings. The van der Waals surface area contributed by atoms with E-state index in [-0.39, 0.29) is 24.5 Å². The molecular weight excluding hydrogens is 268 g/mol. The van der Waals surface area contributed by atoms with Gasteiger partial charge < -0.3 is 0 Å². The summed E-state index contributed by atoms with van der Waals surface area (Å²) in [5, 5.41) is 4.05. The topological polar surface area (TPSA) is 56.1 Å². The number of hydrogen-bond donors (Lipinski definition) is 1. The molecule has 0 atom stereocenters. The number of aryl methyl sites for hydroxylation is 1. The van der Waals surface area contributed by atoms with Crippen LogP contribution in [0.4, 0.5) is 8.78 Å². The number of hydrogen-bond acceptors (Lipinski definition) is 3. The number of carbonyl (C=O) groups excluding carboxylic acids is 1. The van der Waals surface area contributed by atoms with Crippen LogP contribution in [0.1, 0.15) is 42.0 Å². The van der Waals surface area contributed by atoms with Gasteiger partial charge in [-0.1, -0.05) is 13.8 Å². The molecule has 0 saturated carbocycles. The molecule has 1 heterocycles. The minimum atomic E-state index is -2.77. The Kier molecular flexibility index (Phi) is 4.08. The number of alkyl halides is 2. The Hall–Kier alpha value is -1.50. The van der Waals surface area contributed by atoms with Crippen LogP contribution in [0.5, 0.6) is 0 Å². The minimum Gasteiger partial charge on any atom is -0.273 e. The highest BCUT2D eigenvalue weighted by Gasteiger charge is 2.38. The molecular formula is C13H19F2N3O2. The summed E-state index contributed by atoms with van der Waals surface area (Å²) >= 11 is 0. The third-order valence-electron chi connectivity index (χ3n) is 3.23. The zero-order valence-electron chi connectivity index (χ0n) is 11.9. The fourth-order valence-corrected chi connectivity index (χ4v) is 2.25. The van der Waals surface area contributed by atoms with Crippen molar-refractivity contribution in [1.29, 1.82) is 0 Å². The predicted octanol–water partition coefficient (Wildman–Crippen LogP) is 1.86. The molecule has 2 rings (SSSR count). The van der Waals surface area contributed by atoms with E-state index in [4.69, 9.17) is 4.84 Å². The van der Waals surface area contributed by atoms with Gasteiger partial charge in [-0.05, 0) is 12.3 Å². The summed E-state index contributed by atoms with van der Waals surface area (Å²) in [7, 11) is 1.66. The van der Waals surface area contributed by atoms with Crippen LogP contribution in [-0.4, -0.2) is 28.2 Å². The number of rotatable bonds is 4. The third kappa shape index (κ3) is 3.15. The Balaban J connectivity index is 2.15. The summed E-state index contributed by atoms with van der Waals surface area (Å²) in [6.45, 7) is 4.24. The molecule has 1 aliphatic carbocycles. The average Bonchev–Trinajstić information content (AvgIpc) is 2.64. The summed E-state index contributed by atoms with van der Waals surface area (Å²) in [6.07, 6.45) is -0.417. The highest BCUT2D eigenvalue weighted by Crippen LogP contribution is 2.34. The van der Waals surface area contributed by atoms with Crippen LogP contribution in [-0.2, 0) is 24.7 Å². The van der Waals surface area contributed by atoms with Crippen molar-refractivity contribution in [3.63, 3.8) is 0 Å². The Bertz CT molecular complexity index is 512. The molecule has 20 heavy (non-hydrogen) atoms. The van der Waals surface area contributed by atoms with Crippen LogP contribution in [0.3, 0.4) is 0 Å². The van der Waals surface area contributed by atoms with E-state index in [0.717, 1.165) is 0 Å². The van der Waals surface area contributed by atoms with Gasteiger partial charge in [0.1, 0.15) is 0 Å². The van der Waals surface area contributed by atoms with Gasteiger partial charge in [-0.15, -0.1) is 0 Å². The predicted molar refractivity (Wildman–Crippen MR) is 68.4 cm³/mol. The fourth-order valence-electron chi connectivity index (χ4n) is 2.25. The lowest BCUT2D eigenvalue weighted by Gasteiger charge is -2.22. The van der Waals surface area contributed by atoms with Gasteiger partial charge in [0.2, 0.25) is 0 Å². The van der Waals surface area contributed by atoms with Gasteiger partial charge in [-0.3, -0.25) is 14.3 Å². The third-order valence-corrected chi connectivity index (χ3v) is 3.23. The summed E-state index contributed by atoms with van der Waals surface area (Å²) in [5.41, 5.74) is 3.32. The summed E-state index contributed by atoms with van der Waals surface area (Å²) in [4.78, 5) is 17.0. The van der Waals surface area contributed by atoms with E-state index in [9.17, 15) is 13.6 Å². The van der Waals surface area contributed by atoms with Gasteiger partial charge in [0.25, 0.3) is 11.8 Å². The van der Waals surface area contributed by atoms with Crippen LogP contribution in [0.2, 0.25) is 0 Å². The van der Waals surface area contributed by atoms with E-state index in [1.807, 2.05) is 13.8 Å². The van der Waals surface area contributed by atoms with Gasteiger partial charge >= 0.3 is 0 Å². The maximum atomic E-state index is 13.5. The van der Waals surface area contributed by atoms with E-state index < -0.39 is 18.3 Å². The van der Waals surface area contributed by atoms with Crippen molar-refractivity contribution in [3.8, 4) is 0 Å². The molecule has 5 nitrogen and oxygen atoms in total. The summed E-state index contributed by atoms with van der Waals surface area (Å²) in [5.74, 6) is -3.08. The van der Waals surface area contributed by atoms with Crippen molar-refractivity contribution >= 4 is 5.91 Å². The van der Waals surface area contributed by atoms with Crippen LogP contribution in [0, 0.1) is 5.92 Å². The molecule has 1 N–H and O–H groups in total. The fraction of sp³-hybridized carbons (Fsp3) is 0.692. The molecule has 0 aliphatic heterocycles. The summed E-state index contributed by atoms with van der Waals surface area (Å²) in [6, 6.07) is 0. The number of nitrogens with zero attached hydrogens (tertiary/aromatic N) is 2. The molecule has 0 spiro atoms. The first kappa shape index (κ1) is 14.9. The minimum absolute atomic E-state index is 0.0330. The molecule has 1 aromatic heterocycles. The zero-order chi connectivity index (χ0) is 14.9. The normalized spacial score (nSPS) is 17.1. The number of fused-ring (bicyclic) bond motifs is 1. The Morgan fingerprint density at radius 2 is 2.25 bits per heavy atom. The first-order valence-corrected chi connectivity index (χ1v) is 6.65. The van der Waals surface area contributed by atoms with Crippen molar-refractivity contribution in [2.24, 2.45) is 13.0 Å². The molecule has 1 aliphatic rings. The first-order chi connectivity index (χ1) is 9.30. The van der Waals surface area contributed by atoms with Gasteiger partial charge in [0.05, 0.1) is 6.61 Å². The first-order valence-electron chi connectivity index (χ1n) is 6.65. The quantitative estimate of drug-likeness (QED) is 0.860. The Labute approximate surface area is 116 Å². The largest absolute Gasteiger partial charge is 0.295 e. The maximum absolute atomic E-state index is 13.5. The second-order valence-electron chi connectivity index (χ2n) is 5.57. The SMILES string of the molecule is CC(C)CONC(=O)c1nn(C)c2c1CC(F)(F)CC2. The highest BCUT2D eigenvalue weighted by atomic mass is 19.3. The van der Waals surface area contributed by atoms with E-state index in [2.05, 4.69) is 10.6 Å². The second kappa shape index (κ2) is 5.47. The van der Waals surface area contributed by atoms with Crippen LogP contribution >= 0.6 is 0 Å². The molecule has 0 saturated heterocycles. The lowest BCUT2D eigenvalue weighted by Crippen LogP contribution is -2.30. The van der Waals surface area contributed by atoms with Crippen molar-refractivity contribution < 1.29 is 18.4 Å². The monoisotopic (exact) mass is 287 g/mol. The van der Waals surface area contributed by atoms with E-state index in [1.165, 1.54) is 4.68 Å². The van der Waals surface area contributed by atoms with E-state index in [1.54, 1.807) is 7.05 Å². The van der Waals surface area contributed by atoms with E-state index >= 15 is 0 Å². The van der Waals surface area contributed by atoms with Gasteiger partial charge in [-0.25, -0.2) is 14.3 Å². The zero-order valence-corrected chi connectivity index (χ0v) is 11.9. The smallest absolute Gasteiger partial charge is 0.273 e. The van der Waals surface area contributed by atoms with Crippen molar-refractivity contribution in [3.05, 3.63) is 17.0 Å². The number of amides is 1. The molecule has 1 amide bonds. The Morgan fingerprint density at radius 1 is 1.55 bits per heavy atom. The lowest BCUT2D eigenvalue weighted by molar-refractivity contribution is -0.0131. The molecule has 1 aromatic rings. The van der Waals surface area contributed by atoms with Crippen molar-refractivity contribution in [1.82, 2.24) is 15.3 Å². The number of carbonyl (C=O) groups is 1. The van der Waals surface area contributed by atoms with Gasteiger partial charge in [-0.2, -0.15) is 5.10 Å². The molecule has 112 valence electrons. The van der Waals surface area contributed by atoms with Gasteiger partial charge in [0, 0.05) is 31.1 Å². The van der Waals surface area contributed by atoms with Crippen LogP contribution < -0.4 is 5.48 Å². The highest BCUT2D eigenvalue weighted by molar-refractivity contribution is 5.93. The molecule has 0 bridgehead atoms. The standard InChI is InChI=1S/C13H19F2N3O2/c1-8(2)7-20-17-12(19)11-9-6-13(14,15)5-4-10(9)18(3)16-11/h8H,4-7H2,1-3H3,(H,17,19). The number of hydroxylamine groups is 1. The number of nitrogens with one attached hydrogen (secondary N) is 1. The van der Waals surface area contributed by atoms with Crippen LogP contribution in [0.15, 0.2) is 0 Å². The van der Waals surface area contributed by atoms with E-state index in [0.29, 0.717) is 17.9 Å². The molecule has 7 heteroatoms. The molecule has 0 unspecified atom stereocenters. The van der Waals surface area contributed by atoms with Crippen molar-refractivity contribution in [2.75, 3.05) is 6.61 Å². The maximum Gasteiger partial charge on any atom is 0.295 e. The Morgan fingerprint density at radius 3 is 2.90 bits per heavy atom. The average molecular weight is 287 g/mol. The molecule has 0 radical (unpaired) electrons. The number of aromatic nitrogens is 2. The van der Waals surface area contributed by atoms with Crippen molar-refractivity contribution in [2.45, 2.75) is 39.0 Å².